The van der Waals surface area contributed by atoms with Gasteiger partial charge in [-0.15, -0.1) is 0 Å². The van der Waals surface area contributed by atoms with Crippen molar-refractivity contribution in [3.8, 4) is 5.75 Å². The number of hydrogen-bond acceptors (Lipinski definition) is 5. The lowest BCUT2D eigenvalue weighted by Gasteiger charge is -2.23. The Hall–Kier alpha value is -2.28. The summed E-state index contributed by atoms with van der Waals surface area (Å²) in [7, 11) is 0. The fourth-order valence-corrected chi connectivity index (χ4v) is 2.73. The average Bonchev–Trinajstić information content (AvgIpc) is 3.19. The number of hydrogen-bond donors (Lipinski definition) is 1. The molecular weight excluding hydrogens is 306 g/mol. The van der Waals surface area contributed by atoms with Crippen LogP contribution in [0.4, 0.5) is 8.78 Å². The SMILES string of the molecule is CC(=O)c1cc(F)cc(F)c1OC(c1ncco1)[C@H]1CCNC1. The highest BCUT2D eigenvalue weighted by Gasteiger charge is 2.33. The summed E-state index contributed by atoms with van der Waals surface area (Å²) in [6, 6.07) is 1.67. The zero-order chi connectivity index (χ0) is 16.4. The predicted molar refractivity (Wildman–Crippen MR) is 77.2 cm³/mol. The fraction of sp³-hybridized carbons (Fsp3) is 0.375. The molecule has 7 heteroatoms. The number of nitrogens with zero attached hydrogens (tertiary/aromatic N) is 1. The Morgan fingerprint density at radius 1 is 1.48 bits per heavy atom. The van der Waals surface area contributed by atoms with Gasteiger partial charge in [0.1, 0.15) is 12.1 Å². The molecule has 2 atom stereocenters. The minimum atomic E-state index is -0.919. The molecule has 2 heterocycles. The standard InChI is InChI=1S/C16H16F2N2O3/c1-9(21)12-6-11(17)7-13(18)15(12)23-14(10-2-3-19-8-10)16-20-4-5-22-16/h4-7,10,14,19H,2-3,8H2,1H3/t10-,14?/m0/s1. The maximum atomic E-state index is 14.2. The molecule has 1 aromatic carbocycles. The Balaban J connectivity index is 1.98. The highest BCUT2D eigenvalue weighted by molar-refractivity contribution is 5.96. The molecule has 2 aromatic rings. The molecule has 1 aliphatic rings. The predicted octanol–water partition coefficient (Wildman–Crippen LogP) is 2.89. The second-order valence-corrected chi connectivity index (χ2v) is 5.48. The number of ether oxygens (including phenoxy) is 1. The van der Waals surface area contributed by atoms with Crippen molar-refractivity contribution in [1.29, 1.82) is 0 Å². The smallest absolute Gasteiger partial charge is 0.235 e. The topological polar surface area (TPSA) is 64.4 Å². The first-order valence-corrected chi connectivity index (χ1v) is 7.33. The molecule has 0 amide bonds. The van der Waals surface area contributed by atoms with Crippen molar-refractivity contribution in [3.63, 3.8) is 0 Å². The third-order valence-electron chi connectivity index (χ3n) is 3.85. The molecule has 0 spiro atoms. The van der Waals surface area contributed by atoms with Crippen LogP contribution in [0, 0.1) is 17.6 Å². The largest absolute Gasteiger partial charge is 0.476 e. The fourth-order valence-electron chi connectivity index (χ4n) is 2.73. The Bertz CT molecular complexity index is 698. The van der Waals surface area contributed by atoms with Gasteiger partial charge < -0.3 is 14.5 Å². The molecule has 1 fully saturated rings. The van der Waals surface area contributed by atoms with Crippen LogP contribution in [0.3, 0.4) is 0 Å². The summed E-state index contributed by atoms with van der Waals surface area (Å²) < 4.78 is 38.6. The molecule has 1 aromatic heterocycles. The quantitative estimate of drug-likeness (QED) is 0.858. The van der Waals surface area contributed by atoms with Gasteiger partial charge in [-0.05, 0) is 26.0 Å². The lowest BCUT2D eigenvalue weighted by molar-refractivity contribution is 0.0956. The van der Waals surface area contributed by atoms with E-state index in [4.69, 9.17) is 9.15 Å². The number of ketones is 1. The van der Waals surface area contributed by atoms with Gasteiger partial charge >= 0.3 is 0 Å². The minimum Gasteiger partial charge on any atom is -0.476 e. The number of rotatable bonds is 5. The maximum absolute atomic E-state index is 14.2. The average molecular weight is 322 g/mol. The molecule has 122 valence electrons. The van der Waals surface area contributed by atoms with Crippen molar-refractivity contribution in [2.24, 2.45) is 5.92 Å². The summed E-state index contributed by atoms with van der Waals surface area (Å²) in [4.78, 5) is 15.8. The van der Waals surface area contributed by atoms with E-state index < -0.39 is 23.5 Å². The number of Topliss-reactive ketones (excluding diaryl/α,β-unsaturated/α-hetero) is 1. The van der Waals surface area contributed by atoms with Crippen LogP contribution in [-0.2, 0) is 0 Å². The van der Waals surface area contributed by atoms with Crippen molar-refractivity contribution in [1.82, 2.24) is 10.3 Å². The monoisotopic (exact) mass is 322 g/mol. The van der Waals surface area contributed by atoms with E-state index in [-0.39, 0.29) is 17.2 Å². The minimum absolute atomic E-state index is 0.0120. The molecule has 5 nitrogen and oxygen atoms in total. The van der Waals surface area contributed by atoms with Crippen LogP contribution >= 0.6 is 0 Å². The van der Waals surface area contributed by atoms with Gasteiger partial charge in [-0.1, -0.05) is 0 Å². The molecule has 23 heavy (non-hydrogen) atoms. The molecule has 0 aliphatic carbocycles. The second kappa shape index (κ2) is 6.45. The summed E-state index contributed by atoms with van der Waals surface area (Å²) in [5.41, 5.74) is -0.134. The van der Waals surface area contributed by atoms with Crippen LogP contribution < -0.4 is 10.1 Å². The van der Waals surface area contributed by atoms with Gasteiger partial charge in [0, 0.05) is 18.5 Å². The summed E-state index contributed by atoms with van der Waals surface area (Å²) in [5, 5.41) is 3.19. The first-order chi connectivity index (χ1) is 11.1. The van der Waals surface area contributed by atoms with Crippen LogP contribution in [0.1, 0.15) is 35.7 Å². The zero-order valence-corrected chi connectivity index (χ0v) is 12.5. The summed E-state index contributed by atoms with van der Waals surface area (Å²) in [5.74, 6) is -2.18. The van der Waals surface area contributed by atoms with E-state index in [1.165, 1.54) is 19.4 Å². The lowest BCUT2D eigenvalue weighted by Crippen LogP contribution is -2.23. The highest BCUT2D eigenvalue weighted by Crippen LogP contribution is 2.35. The van der Waals surface area contributed by atoms with Crippen molar-refractivity contribution in [3.05, 3.63) is 47.7 Å². The molecule has 1 aliphatic heterocycles. The highest BCUT2D eigenvalue weighted by atomic mass is 19.1. The first kappa shape index (κ1) is 15.6. The normalized spacial score (nSPS) is 18.8. The summed E-state index contributed by atoms with van der Waals surface area (Å²) in [6.07, 6.45) is 3.02. The maximum Gasteiger partial charge on any atom is 0.235 e. The number of aromatic nitrogens is 1. The van der Waals surface area contributed by atoms with Crippen LogP contribution in [0.25, 0.3) is 0 Å². The van der Waals surface area contributed by atoms with Gasteiger partial charge in [-0.3, -0.25) is 4.79 Å². The van der Waals surface area contributed by atoms with Crippen molar-refractivity contribution in [2.45, 2.75) is 19.4 Å². The second-order valence-electron chi connectivity index (χ2n) is 5.48. The third-order valence-corrected chi connectivity index (χ3v) is 3.85. The van der Waals surface area contributed by atoms with Gasteiger partial charge in [0.15, 0.2) is 23.5 Å². The Kier molecular flexibility index (Phi) is 4.38. The van der Waals surface area contributed by atoms with E-state index in [1.54, 1.807) is 0 Å². The number of carbonyl (C=O) groups excluding carboxylic acids is 1. The lowest BCUT2D eigenvalue weighted by atomic mass is 10.0. The Labute approximate surface area is 131 Å². The molecule has 0 saturated carbocycles. The summed E-state index contributed by atoms with van der Waals surface area (Å²) in [6.45, 7) is 2.69. The van der Waals surface area contributed by atoms with Crippen LogP contribution in [0.15, 0.2) is 29.0 Å². The van der Waals surface area contributed by atoms with Gasteiger partial charge in [0.05, 0.1) is 11.8 Å². The van der Waals surface area contributed by atoms with E-state index in [2.05, 4.69) is 10.3 Å². The van der Waals surface area contributed by atoms with Crippen molar-refractivity contribution < 1.29 is 22.7 Å². The molecule has 3 rings (SSSR count). The van der Waals surface area contributed by atoms with E-state index in [9.17, 15) is 13.6 Å². The number of carbonyl (C=O) groups is 1. The van der Waals surface area contributed by atoms with Gasteiger partial charge in [0.25, 0.3) is 0 Å². The van der Waals surface area contributed by atoms with Gasteiger partial charge in [-0.2, -0.15) is 0 Å². The molecule has 1 N–H and O–H groups in total. The van der Waals surface area contributed by atoms with Crippen LogP contribution in [-0.4, -0.2) is 23.9 Å². The van der Waals surface area contributed by atoms with E-state index >= 15 is 0 Å². The van der Waals surface area contributed by atoms with E-state index in [0.717, 1.165) is 19.0 Å². The Morgan fingerprint density at radius 2 is 2.30 bits per heavy atom. The van der Waals surface area contributed by atoms with Gasteiger partial charge in [-0.25, -0.2) is 13.8 Å². The van der Waals surface area contributed by atoms with E-state index in [0.29, 0.717) is 18.5 Å². The summed E-state index contributed by atoms with van der Waals surface area (Å²) >= 11 is 0. The van der Waals surface area contributed by atoms with Crippen LogP contribution in [0.2, 0.25) is 0 Å². The molecule has 0 bridgehead atoms. The van der Waals surface area contributed by atoms with Crippen LogP contribution in [0.5, 0.6) is 5.75 Å². The molecular formula is C16H16F2N2O3. The number of oxazole rings is 1. The number of halogens is 2. The third kappa shape index (κ3) is 3.24. The van der Waals surface area contributed by atoms with Crippen molar-refractivity contribution in [2.75, 3.05) is 13.1 Å². The first-order valence-electron chi connectivity index (χ1n) is 7.33. The molecule has 1 unspecified atom stereocenters. The molecule has 0 radical (unpaired) electrons. The number of nitrogens with one attached hydrogen (secondary N) is 1. The van der Waals surface area contributed by atoms with Gasteiger partial charge in [0.2, 0.25) is 5.89 Å². The molecule has 1 saturated heterocycles. The van der Waals surface area contributed by atoms with E-state index in [1.807, 2.05) is 0 Å². The number of benzene rings is 1. The Morgan fingerprint density at radius 3 is 2.91 bits per heavy atom. The zero-order valence-electron chi connectivity index (χ0n) is 12.5. The van der Waals surface area contributed by atoms with Crippen molar-refractivity contribution >= 4 is 5.78 Å².